The molecule has 0 aliphatic carbocycles. The van der Waals surface area contributed by atoms with Gasteiger partial charge in [0.2, 0.25) is 5.91 Å². The van der Waals surface area contributed by atoms with Gasteiger partial charge in [0.25, 0.3) is 0 Å². The number of amides is 1. The van der Waals surface area contributed by atoms with E-state index in [1.807, 2.05) is 41.9 Å². The molecule has 0 unspecified atom stereocenters. The van der Waals surface area contributed by atoms with Crippen molar-refractivity contribution in [3.63, 3.8) is 0 Å². The minimum absolute atomic E-state index is 0.00594. The zero-order chi connectivity index (χ0) is 30.9. The predicted octanol–water partition coefficient (Wildman–Crippen LogP) is 6.48. The zero-order valence-electron chi connectivity index (χ0n) is 25.3. The Labute approximate surface area is 261 Å². The minimum Gasteiger partial charge on any atom is -0.504 e. The molecule has 0 atom stereocenters. The number of ether oxygens (including phenoxy) is 1. The van der Waals surface area contributed by atoms with Crippen molar-refractivity contribution in [1.29, 1.82) is 0 Å². The van der Waals surface area contributed by atoms with Crippen molar-refractivity contribution in [3.05, 3.63) is 102 Å². The van der Waals surface area contributed by atoms with E-state index in [1.165, 1.54) is 18.7 Å². The number of aryl methyl sites for hydroxylation is 1. The molecule has 0 radical (unpaired) electrons. The van der Waals surface area contributed by atoms with E-state index < -0.39 is 0 Å². The highest BCUT2D eigenvalue weighted by Crippen LogP contribution is 2.34. The molecule has 3 aromatic carbocycles. The molecule has 1 aliphatic rings. The van der Waals surface area contributed by atoms with Gasteiger partial charge < -0.3 is 15.2 Å². The van der Waals surface area contributed by atoms with Crippen molar-refractivity contribution in [2.24, 2.45) is 5.92 Å². The molecular formula is C36H34N6O3. The Kier molecular flexibility index (Phi) is 7.61. The highest BCUT2D eigenvalue weighted by Gasteiger charge is 2.25. The molecule has 1 aliphatic heterocycles. The lowest BCUT2D eigenvalue weighted by Gasteiger charge is -2.31. The number of methoxy groups -OCH3 is 1. The van der Waals surface area contributed by atoms with Gasteiger partial charge in [0.1, 0.15) is 0 Å². The number of carbonyl (C=O) groups excluding carboxylic acids is 1. The van der Waals surface area contributed by atoms with Gasteiger partial charge in [0, 0.05) is 53.0 Å². The number of hydrogen-bond acceptors (Lipinski definition) is 7. The lowest BCUT2D eigenvalue weighted by molar-refractivity contribution is -0.121. The van der Waals surface area contributed by atoms with E-state index >= 15 is 0 Å². The van der Waals surface area contributed by atoms with E-state index in [1.54, 1.807) is 12.1 Å². The third-order valence-electron chi connectivity index (χ3n) is 8.50. The molecule has 45 heavy (non-hydrogen) atoms. The number of likely N-dealkylation sites (tertiary alicyclic amines) is 1. The Morgan fingerprint density at radius 2 is 1.76 bits per heavy atom. The number of aromatic nitrogens is 4. The maximum atomic E-state index is 12.9. The van der Waals surface area contributed by atoms with Crippen molar-refractivity contribution in [2.45, 2.75) is 26.3 Å². The fourth-order valence-electron chi connectivity index (χ4n) is 6.10. The van der Waals surface area contributed by atoms with Crippen LogP contribution in [0.25, 0.3) is 39.1 Å². The quantitative estimate of drug-likeness (QED) is 0.217. The average molecular weight is 599 g/mol. The van der Waals surface area contributed by atoms with Crippen LogP contribution in [0.4, 0.5) is 5.69 Å². The van der Waals surface area contributed by atoms with Crippen molar-refractivity contribution >= 4 is 28.3 Å². The summed E-state index contributed by atoms with van der Waals surface area (Å²) < 4.78 is 6.91. The number of benzene rings is 3. The number of phenolic OH excluding ortho intramolecular Hbond substituents is 1. The van der Waals surface area contributed by atoms with E-state index in [9.17, 15) is 9.90 Å². The summed E-state index contributed by atoms with van der Waals surface area (Å²) >= 11 is 0. The summed E-state index contributed by atoms with van der Waals surface area (Å²) in [7, 11) is 1.50. The number of fused-ring (bicyclic) bond motifs is 3. The SMILES string of the molecule is COc1ccc(NC(=O)C2CCN(Cc3ccc(-c4nc5c(cnc6cc(C)nn65)cc4-c4ccccc4)cc3)CC2)cc1O. The smallest absolute Gasteiger partial charge is 0.227 e. The molecule has 2 N–H and O–H groups in total. The number of aromatic hydroxyl groups is 1. The number of piperidine rings is 1. The van der Waals surface area contributed by atoms with Gasteiger partial charge in [-0.05, 0) is 62.2 Å². The number of nitrogens with one attached hydrogen (secondary N) is 1. The Morgan fingerprint density at radius 1 is 0.978 bits per heavy atom. The molecule has 3 aromatic heterocycles. The summed E-state index contributed by atoms with van der Waals surface area (Å²) in [6, 6.07) is 28.0. The molecule has 9 heteroatoms. The molecule has 0 spiro atoms. The third kappa shape index (κ3) is 5.82. The second kappa shape index (κ2) is 12.0. The van der Waals surface area contributed by atoms with Gasteiger partial charge in [-0.2, -0.15) is 9.61 Å². The molecule has 1 fully saturated rings. The fraction of sp³-hybridized carbons (Fsp3) is 0.222. The highest BCUT2D eigenvalue weighted by atomic mass is 16.5. The average Bonchev–Trinajstić information content (AvgIpc) is 3.46. The fourth-order valence-corrected chi connectivity index (χ4v) is 6.10. The lowest BCUT2D eigenvalue weighted by Crippen LogP contribution is -2.37. The van der Waals surface area contributed by atoms with Gasteiger partial charge in [-0.25, -0.2) is 9.97 Å². The first-order valence-corrected chi connectivity index (χ1v) is 15.2. The van der Waals surface area contributed by atoms with E-state index in [-0.39, 0.29) is 17.6 Å². The van der Waals surface area contributed by atoms with Crippen LogP contribution in [0.3, 0.4) is 0 Å². The number of pyridine rings is 1. The zero-order valence-corrected chi connectivity index (χ0v) is 25.3. The Hall–Kier alpha value is -5.28. The van der Waals surface area contributed by atoms with E-state index in [0.717, 1.165) is 77.2 Å². The van der Waals surface area contributed by atoms with E-state index in [0.29, 0.717) is 11.4 Å². The van der Waals surface area contributed by atoms with Gasteiger partial charge in [-0.1, -0.05) is 54.6 Å². The number of hydrogen-bond donors (Lipinski definition) is 2. The summed E-state index contributed by atoms with van der Waals surface area (Å²) in [5, 5.41) is 18.6. The van der Waals surface area contributed by atoms with Crippen LogP contribution in [-0.4, -0.2) is 55.7 Å². The Bertz CT molecular complexity index is 2000. The van der Waals surface area contributed by atoms with Crippen LogP contribution in [0, 0.1) is 12.8 Å². The van der Waals surface area contributed by atoms with Crippen LogP contribution in [-0.2, 0) is 11.3 Å². The molecule has 1 saturated heterocycles. The molecule has 226 valence electrons. The van der Waals surface area contributed by atoms with E-state index in [2.05, 4.69) is 62.8 Å². The normalized spacial score (nSPS) is 14.2. The lowest BCUT2D eigenvalue weighted by atomic mass is 9.95. The maximum Gasteiger partial charge on any atom is 0.227 e. The van der Waals surface area contributed by atoms with Crippen molar-refractivity contribution in [1.82, 2.24) is 24.5 Å². The number of nitrogens with zero attached hydrogens (tertiary/aromatic N) is 5. The van der Waals surface area contributed by atoms with Crippen LogP contribution in [0.1, 0.15) is 24.1 Å². The maximum absolute atomic E-state index is 12.9. The summed E-state index contributed by atoms with van der Waals surface area (Å²) in [5.74, 6) is 0.303. The molecule has 0 bridgehead atoms. The highest BCUT2D eigenvalue weighted by molar-refractivity contribution is 5.93. The van der Waals surface area contributed by atoms with E-state index in [4.69, 9.17) is 9.72 Å². The van der Waals surface area contributed by atoms with Crippen LogP contribution in [0.2, 0.25) is 0 Å². The van der Waals surface area contributed by atoms with Crippen LogP contribution in [0.15, 0.2) is 91.1 Å². The van der Waals surface area contributed by atoms with Gasteiger partial charge >= 0.3 is 0 Å². The first-order chi connectivity index (χ1) is 21.9. The largest absolute Gasteiger partial charge is 0.504 e. The second-order valence-electron chi connectivity index (χ2n) is 11.6. The molecule has 4 heterocycles. The second-order valence-corrected chi connectivity index (χ2v) is 11.6. The predicted molar refractivity (Wildman–Crippen MR) is 175 cm³/mol. The molecule has 6 aromatic rings. The van der Waals surface area contributed by atoms with Crippen LogP contribution >= 0.6 is 0 Å². The van der Waals surface area contributed by atoms with Gasteiger partial charge in [0.15, 0.2) is 22.8 Å². The summed E-state index contributed by atoms with van der Waals surface area (Å²) in [6.07, 6.45) is 3.43. The first kappa shape index (κ1) is 28.5. The van der Waals surface area contributed by atoms with Gasteiger partial charge in [-0.3, -0.25) is 9.69 Å². The topological polar surface area (TPSA) is 105 Å². The Balaban J connectivity index is 1.07. The third-order valence-corrected chi connectivity index (χ3v) is 8.50. The standard InChI is InChI=1S/C36H34N6O3/c1-23-18-33-37-21-28-19-30(25-6-4-3-5-7-25)34(39-35(28)42(33)40-23)26-10-8-24(9-11-26)22-41-16-14-27(15-17-41)36(44)38-29-12-13-32(45-2)31(43)20-29/h3-13,18-21,27,43H,14-17,22H2,1-2H3,(H,38,44). The number of carbonyl (C=O) groups is 1. The molecule has 7 rings (SSSR count). The number of phenols is 1. The van der Waals surface area contributed by atoms with Gasteiger partial charge in [0.05, 0.1) is 18.5 Å². The number of rotatable bonds is 7. The molecule has 1 amide bonds. The molecule has 0 saturated carbocycles. The first-order valence-electron chi connectivity index (χ1n) is 15.2. The van der Waals surface area contributed by atoms with Gasteiger partial charge in [-0.15, -0.1) is 0 Å². The monoisotopic (exact) mass is 598 g/mol. The molecule has 9 nitrogen and oxygen atoms in total. The van der Waals surface area contributed by atoms with Crippen molar-refractivity contribution in [2.75, 3.05) is 25.5 Å². The number of anilines is 1. The van der Waals surface area contributed by atoms with Crippen LogP contribution in [0.5, 0.6) is 11.5 Å². The summed E-state index contributed by atoms with van der Waals surface area (Å²) in [6.45, 7) is 4.46. The minimum atomic E-state index is -0.0662. The van der Waals surface area contributed by atoms with Crippen LogP contribution < -0.4 is 10.1 Å². The van der Waals surface area contributed by atoms with Crippen molar-refractivity contribution < 1.29 is 14.6 Å². The van der Waals surface area contributed by atoms with Crippen molar-refractivity contribution in [3.8, 4) is 33.9 Å². The Morgan fingerprint density at radius 3 is 2.49 bits per heavy atom. The molecular weight excluding hydrogens is 564 g/mol. The summed E-state index contributed by atoms with van der Waals surface area (Å²) in [5.41, 5.74) is 8.32. The summed E-state index contributed by atoms with van der Waals surface area (Å²) in [4.78, 5) is 25.1.